The van der Waals surface area contributed by atoms with Gasteiger partial charge in [-0.3, -0.25) is 4.79 Å². The zero-order valence-corrected chi connectivity index (χ0v) is 20.1. The molecule has 2 unspecified atom stereocenters. The van der Waals surface area contributed by atoms with Crippen LogP contribution in [0.2, 0.25) is 0 Å². The van der Waals surface area contributed by atoms with E-state index in [4.69, 9.17) is 0 Å². The lowest BCUT2D eigenvalue weighted by Crippen LogP contribution is -2.34. The van der Waals surface area contributed by atoms with Gasteiger partial charge in [0.2, 0.25) is 10.0 Å². The van der Waals surface area contributed by atoms with E-state index in [0.717, 1.165) is 23.3 Å². The third kappa shape index (κ3) is 4.14. The Morgan fingerprint density at radius 2 is 1.78 bits per heavy atom. The van der Waals surface area contributed by atoms with Crippen molar-refractivity contribution < 1.29 is 31.5 Å². The lowest BCUT2D eigenvalue weighted by Gasteiger charge is -2.29. The van der Waals surface area contributed by atoms with Gasteiger partial charge in [0.25, 0.3) is 0 Å². The molecule has 0 aliphatic carbocycles. The van der Waals surface area contributed by atoms with E-state index in [1.807, 2.05) is 25.1 Å². The van der Waals surface area contributed by atoms with Crippen LogP contribution < -0.4 is 4.90 Å². The van der Waals surface area contributed by atoms with E-state index < -0.39 is 39.7 Å². The monoisotopic (exact) mass is 516 g/mol. The first kappa shape index (κ1) is 24.3. The molecule has 2 heterocycles. The molecular formula is C26H23F3N2O4S. The second-order valence-corrected chi connectivity index (χ2v) is 11.0. The van der Waals surface area contributed by atoms with Crippen LogP contribution in [-0.4, -0.2) is 36.9 Å². The molecule has 5 rings (SSSR count). The van der Waals surface area contributed by atoms with E-state index in [-0.39, 0.29) is 30.1 Å². The smallest absolute Gasteiger partial charge is 0.416 e. The summed E-state index contributed by atoms with van der Waals surface area (Å²) in [5.41, 5.74) is 2.40. The van der Waals surface area contributed by atoms with Gasteiger partial charge in [0.1, 0.15) is 6.54 Å². The van der Waals surface area contributed by atoms with Crippen LogP contribution in [0.3, 0.4) is 0 Å². The fourth-order valence-corrected chi connectivity index (χ4v) is 7.16. The first-order valence-electron chi connectivity index (χ1n) is 11.3. The highest BCUT2D eigenvalue weighted by molar-refractivity contribution is 7.89. The normalized spacial score (nSPS) is 20.8. The molecule has 3 aromatic carbocycles. The highest BCUT2D eigenvalue weighted by Crippen LogP contribution is 2.52. The first-order chi connectivity index (χ1) is 17.0. The van der Waals surface area contributed by atoms with Crippen molar-refractivity contribution >= 4 is 21.7 Å². The molecule has 36 heavy (non-hydrogen) atoms. The molecule has 0 saturated carbocycles. The van der Waals surface area contributed by atoms with Crippen molar-refractivity contribution in [1.29, 1.82) is 0 Å². The number of carboxylic acids is 1. The number of nitrogens with zero attached hydrogens (tertiary/aromatic N) is 2. The minimum atomic E-state index is -4.55. The molecule has 0 spiro atoms. The summed E-state index contributed by atoms with van der Waals surface area (Å²) in [6, 6.07) is 16.2. The highest BCUT2D eigenvalue weighted by atomic mass is 32.2. The summed E-state index contributed by atoms with van der Waals surface area (Å²) in [7, 11) is -4.02. The highest BCUT2D eigenvalue weighted by Gasteiger charge is 2.49. The van der Waals surface area contributed by atoms with Gasteiger partial charge in [-0.1, -0.05) is 54.1 Å². The summed E-state index contributed by atoms with van der Waals surface area (Å²) in [6.07, 6.45) is -4.55. The van der Waals surface area contributed by atoms with E-state index >= 15 is 0 Å². The number of sulfonamides is 1. The Balaban J connectivity index is 1.62. The Morgan fingerprint density at radius 3 is 2.50 bits per heavy atom. The number of aryl methyl sites for hydroxylation is 1. The average molecular weight is 517 g/mol. The number of rotatable bonds is 5. The molecule has 188 valence electrons. The van der Waals surface area contributed by atoms with Crippen LogP contribution in [0.5, 0.6) is 0 Å². The van der Waals surface area contributed by atoms with E-state index in [2.05, 4.69) is 0 Å². The van der Waals surface area contributed by atoms with Crippen molar-refractivity contribution in [3.8, 4) is 0 Å². The van der Waals surface area contributed by atoms with Crippen molar-refractivity contribution in [3.05, 3.63) is 94.5 Å². The predicted molar refractivity (Wildman–Crippen MR) is 127 cm³/mol. The van der Waals surface area contributed by atoms with Crippen molar-refractivity contribution in [1.82, 2.24) is 4.31 Å². The predicted octanol–water partition coefficient (Wildman–Crippen LogP) is 4.95. The topological polar surface area (TPSA) is 77.9 Å². The molecule has 0 fully saturated rings. The number of halogens is 3. The summed E-state index contributed by atoms with van der Waals surface area (Å²) < 4.78 is 68.6. The van der Waals surface area contributed by atoms with E-state index in [1.54, 1.807) is 23.1 Å². The number of alkyl halides is 3. The number of benzene rings is 3. The molecule has 2 aliphatic heterocycles. The number of hydrogen-bond acceptors (Lipinski definition) is 4. The summed E-state index contributed by atoms with van der Waals surface area (Å²) in [5.74, 6) is -1.43. The molecule has 0 bridgehead atoms. The minimum absolute atomic E-state index is 0.118. The van der Waals surface area contributed by atoms with Crippen molar-refractivity contribution in [2.45, 2.75) is 36.5 Å². The van der Waals surface area contributed by atoms with Gasteiger partial charge in [0.15, 0.2) is 0 Å². The fourth-order valence-electron chi connectivity index (χ4n) is 5.29. The molecule has 2 aliphatic rings. The lowest BCUT2D eigenvalue weighted by molar-refractivity contribution is -0.138. The van der Waals surface area contributed by atoms with Crippen LogP contribution in [0.1, 0.15) is 39.8 Å². The molecular weight excluding hydrogens is 493 g/mol. The van der Waals surface area contributed by atoms with Crippen LogP contribution in [0.25, 0.3) is 0 Å². The van der Waals surface area contributed by atoms with Gasteiger partial charge in [-0.25, -0.2) is 8.42 Å². The molecule has 1 N–H and O–H groups in total. The second kappa shape index (κ2) is 8.63. The molecule has 0 radical (unpaired) electrons. The molecule has 2 atom stereocenters. The largest absolute Gasteiger partial charge is 0.480 e. The number of aliphatic carboxylic acids is 1. The Labute approximate surface area is 206 Å². The van der Waals surface area contributed by atoms with Crippen LogP contribution >= 0.6 is 0 Å². The summed E-state index contributed by atoms with van der Waals surface area (Å²) in [4.78, 5) is 13.4. The Kier molecular flexibility index (Phi) is 5.83. The zero-order valence-electron chi connectivity index (χ0n) is 19.2. The fraction of sp³-hybridized carbons (Fsp3) is 0.269. The number of fused-ring (bicyclic) bond motifs is 2. The van der Waals surface area contributed by atoms with E-state index in [0.29, 0.717) is 11.3 Å². The lowest BCUT2D eigenvalue weighted by atomic mass is 9.87. The Hall–Kier alpha value is -3.37. The van der Waals surface area contributed by atoms with Gasteiger partial charge < -0.3 is 10.0 Å². The standard InChI is InChI=1S/C26H23F3N2O4S/c1-16-9-10-22-20(11-16)21(14-30(22)15-24(32)33)25-19-7-2-3-8-23(19)36(34,35)31(25)13-17-5-4-6-18(12-17)26(27,28)29/h2-12,21,25H,13-15H2,1H3,(H,32,33). The minimum Gasteiger partial charge on any atom is -0.480 e. The van der Waals surface area contributed by atoms with Crippen molar-refractivity contribution in [2.24, 2.45) is 0 Å². The molecule has 0 amide bonds. The van der Waals surface area contributed by atoms with Gasteiger partial charge in [-0.15, -0.1) is 0 Å². The Morgan fingerprint density at radius 1 is 1.03 bits per heavy atom. The Bertz CT molecular complexity index is 1460. The maximum atomic E-state index is 13.7. The molecule has 3 aromatic rings. The number of anilines is 1. The quantitative estimate of drug-likeness (QED) is 0.520. The second-order valence-electron chi connectivity index (χ2n) is 9.17. The number of carboxylic acid groups (broad SMARTS) is 1. The number of carbonyl (C=O) groups is 1. The van der Waals surface area contributed by atoms with Gasteiger partial charge in [0.05, 0.1) is 16.5 Å². The van der Waals surface area contributed by atoms with Gasteiger partial charge >= 0.3 is 12.1 Å². The molecule has 0 saturated heterocycles. The van der Waals surface area contributed by atoms with E-state index in [9.17, 15) is 31.5 Å². The molecule has 6 nitrogen and oxygen atoms in total. The average Bonchev–Trinajstić information content (AvgIpc) is 3.25. The van der Waals surface area contributed by atoms with Crippen LogP contribution in [0.15, 0.2) is 71.6 Å². The number of hydrogen-bond donors (Lipinski definition) is 1. The SMILES string of the molecule is Cc1ccc2c(c1)C(C1c3ccccc3S(=O)(=O)N1Cc1cccc(C(F)(F)F)c1)CN2CC(=O)O. The summed E-state index contributed by atoms with van der Waals surface area (Å²) in [5, 5.41) is 9.45. The van der Waals surface area contributed by atoms with E-state index in [1.165, 1.54) is 22.5 Å². The molecule has 0 aromatic heterocycles. The van der Waals surface area contributed by atoms with Gasteiger partial charge in [-0.05, 0) is 41.8 Å². The molecule has 10 heteroatoms. The third-order valence-electron chi connectivity index (χ3n) is 6.77. The van der Waals surface area contributed by atoms with Gasteiger partial charge in [0, 0.05) is 24.7 Å². The van der Waals surface area contributed by atoms with Crippen LogP contribution in [-0.2, 0) is 27.5 Å². The van der Waals surface area contributed by atoms with Gasteiger partial charge in [-0.2, -0.15) is 17.5 Å². The maximum Gasteiger partial charge on any atom is 0.416 e. The van der Waals surface area contributed by atoms with Crippen LogP contribution in [0, 0.1) is 6.92 Å². The first-order valence-corrected chi connectivity index (χ1v) is 12.7. The van der Waals surface area contributed by atoms with Crippen molar-refractivity contribution in [3.63, 3.8) is 0 Å². The summed E-state index contributed by atoms with van der Waals surface area (Å²) >= 11 is 0. The maximum absolute atomic E-state index is 13.7. The van der Waals surface area contributed by atoms with Crippen LogP contribution in [0.4, 0.5) is 18.9 Å². The third-order valence-corrected chi connectivity index (χ3v) is 8.68. The summed E-state index contributed by atoms with van der Waals surface area (Å²) in [6.45, 7) is 1.67. The van der Waals surface area contributed by atoms with Crippen molar-refractivity contribution in [2.75, 3.05) is 18.0 Å². The zero-order chi connectivity index (χ0) is 25.8.